The molecule has 0 fully saturated rings. The van der Waals surface area contributed by atoms with Crippen molar-refractivity contribution in [3.05, 3.63) is 114 Å². The summed E-state index contributed by atoms with van der Waals surface area (Å²) in [6.07, 6.45) is -8.42. The molecule has 0 aliphatic heterocycles. The molecule has 0 N–H and O–H groups in total. The van der Waals surface area contributed by atoms with Gasteiger partial charge in [0.05, 0.1) is 12.7 Å². The van der Waals surface area contributed by atoms with Gasteiger partial charge in [-0.2, -0.15) is 13.2 Å². The molecular formula is C28H25F3NO5. The number of ketones is 1. The quantitative estimate of drug-likeness (QED) is 0.341. The minimum Gasteiger partial charge on any atom is -0.444 e. The number of ether oxygens (including phenoxy) is 2. The van der Waals surface area contributed by atoms with Gasteiger partial charge in [0.25, 0.3) is 0 Å². The number of rotatable bonds is 9. The number of Topliss-reactive ketones (excluding diaryl/α,β-unsaturated/α-hetero) is 1. The van der Waals surface area contributed by atoms with Crippen LogP contribution in [-0.2, 0) is 27.5 Å². The molecule has 0 saturated heterocycles. The molecule has 0 heterocycles. The van der Waals surface area contributed by atoms with E-state index in [0.29, 0.717) is 11.1 Å². The molecule has 3 aromatic rings. The maximum absolute atomic E-state index is 13.7. The van der Waals surface area contributed by atoms with Gasteiger partial charge in [-0.25, -0.2) is 9.69 Å². The van der Waals surface area contributed by atoms with E-state index in [0.717, 1.165) is 0 Å². The monoisotopic (exact) mass is 512 g/mol. The normalized spacial score (nSPS) is 12.9. The summed E-state index contributed by atoms with van der Waals surface area (Å²) in [6, 6.07) is 20.9. The Balaban J connectivity index is 1.99. The number of carbonyl (C=O) groups excluding carboxylic acids is 3. The second-order valence-electron chi connectivity index (χ2n) is 8.18. The summed E-state index contributed by atoms with van der Waals surface area (Å²) < 4.78 is 51.8. The Morgan fingerprint density at radius 2 is 1.35 bits per heavy atom. The first-order chi connectivity index (χ1) is 17.6. The molecule has 193 valence electrons. The Morgan fingerprint density at radius 3 is 1.89 bits per heavy atom. The number of amides is 2. The van der Waals surface area contributed by atoms with Crippen molar-refractivity contribution in [1.82, 2.24) is 4.90 Å². The van der Waals surface area contributed by atoms with E-state index in [1.54, 1.807) is 66.7 Å². The zero-order valence-electron chi connectivity index (χ0n) is 20.0. The third kappa shape index (κ3) is 7.27. The molecule has 1 radical (unpaired) electrons. The summed E-state index contributed by atoms with van der Waals surface area (Å²) >= 11 is 0. The van der Waals surface area contributed by atoms with Gasteiger partial charge in [-0.05, 0) is 30.5 Å². The highest BCUT2D eigenvalue weighted by Gasteiger charge is 2.51. The van der Waals surface area contributed by atoms with Crippen LogP contribution in [0.1, 0.15) is 34.0 Å². The summed E-state index contributed by atoms with van der Waals surface area (Å²) in [4.78, 5) is 38.9. The number of imide groups is 1. The van der Waals surface area contributed by atoms with E-state index in [9.17, 15) is 27.6 Å². The number of hydrogen-bond donors (Lipinski definition) is 0. The van der Waals surface area contributed by atoms with E-state index in [1.165, 1.54) is 25.1 Å². The van der Waals surface area contributed by atoms with E-state index in [-0.39, 0.29) is 22.6 Å². The molecule has 37 heavy (non-hydrogen) atoms. The Kier molecular flexibility index (Phi) is 9.19. The molecule has 0 saturated carbocycles. The van der Waals surface area contributed by atoms with Gasteiger partial charge in [0.15, 0.2) is 5.78 Å². The minimum atomic E-state index is -5.46. The van der Waals surface area contributed by atoms with Crippen molar-refractivity contribution in [3.63, 3.8) is 0 Å². The number of alkyl halides is 3. The molecule has 2 amide bonds. The van der Waals surface area contributed by atoms with Gasteiger partial charge in [0.1, 0.15) is 12.6 Å². The average Bonchev–Trinajstić information content (AvgIpc) is 2.89. The largest absolute Gasteiger partial charge is 0.471 e. The van der Waals surface area contributed by atoms with Crippen molar-refractivity contribution in [3.8, 4) is 0 Å². The highest BCUT2D eigenvalue weighted by atomic mass is 19.4. The SMILES string of the molecule is [CH2]c1ccccc1C(=O)[C@H]([C@@H](C)OCc1ccccc1)N(C(=O)OCc1ccccc1)C(=O)C(F)(F)F. The number of nitrogens with zero attached hydrogens (tertiary/aromatic N) is 1. The van der Waals surface area contributed by atoms with Gasteiger partial charge >= 0.3 is 18.2 Å². The second kappa shape index (κ2) is 12.3. The summed E-state index contributed by atoms with van der Waals surface area (Å²) in [6.45, 7) is 4.58. The van der Waals surface area contributed by atoms with Crippen molar-refractivity contribution < 1.29 is 37.0 Å². The molecule has 9 heteroatoms. The smallest absolute Gasteiger partial charge is 0.444 e. The Labute approximate surface area is 212 Å². The Bertz CT molecular complexity index is 1220. The van der Waals surface area contributed by atoms with Crippen LogP contribution in [0.25, 0.3) is 0 Å². The van der Waals surface area contributed by atoms with E-state index in [2.05, 4.69) is 6.92 Å². The van der Waals surface area contributed by atoms with Gasteiger partial charge in [-0.1, -0.05) is 84.9 Å². The minimum absolute atomic E-state index is 0.0569. The van der Waals surface area contributed by atoms with E-state index < -0.39 is 42.7 Å². The molecule has 0 spiro atoms. The van der Waals surface area contributed by atoms with Gasteiger partial charge in [0.2, 0.25) is 0 Å². The van der Waals surface area contributed by atoms with Crippen LogP contribution in [-0.4, -0.2) is 41.0 Å². The molecule has 2 atom stereocenters. The molecule has 3 aromatic carbocycles. The zero-order chi connectivity index (χ0) is 27.0. The third-order valence-corrected chi connectivity index (χ3v) is 5.49. The second-order valence-corrected chi connectivity index (χ2v) is 8.18. The molecule has 0 aliphatic rings. The van der Waals surface area contributed by atoms with Crippen molar-refractivity contribution in [1.29, 1.82) is 0 Å². The first-order valence-corrected chi connectivity index (χ1v) is 11.3. The van der Waals surface area contributed by atoms with Crippen LogP contribution < -0.4 is 0 Å². The number of halogens is 3. The van der Waals surface area contributed by atoms with E-state index in [4.69, 9.17) is 9.47 Å². The van der Waals surface area contributed by atoms with Crippen molar-refractivity contribution in [2.45, 2.75) is 38.5 Å². The standard InChI is InChI=1S/C28H25F3NO5/c1-19-11-9-10-16-23(19)25(33)24(20(2)36-17-21-12-5-3-6-13-21)32(26(34)28(29,30)31)27(35)37-18-22-14-7-4-8-15-22/h3-16,20,24H,1,17-18H2,2H3/t20-,24+/m1/s1. The fraction of sp³-hybridized carbons (Fsp3) is 0.214. The highest BCUT2D eigenvalue weighted by Crippen LogP contribution is 2.26. The van der Waals surface area contributed by atoms with Gasteiger partial charge in [0, 0.05) is 5.56 Å². The van der Waals surface area contributed by atoms with Crippen molar-refractivity contribution in [2.75, 3.05) is 0 Å². The van der Waals surface area contributed by atoms with E-state index >= 15 is 0 Å². The van der Waals surface area contributed by atoms with Crippen LogP contribution in [0.5, 0.6) is 0 Å². The van der Waals surface area contributed by atoms with Crippen LogP contribution in [0, 0.1) is 6.92 Å². The lowest BCUT2D eigenvalue weighted by Crippen LogP contribution is -2.57. The average molecular weight is 513 g/mol. The maximum Gasteiger partial charge on any atom is 0.471 e. The van der Waals surface area contributed by atoms with Crippen molar-refractivity contribution >= 4 is 17.8 Å². The zero-order valence-corrected chi connectivity index (χ0v) is 20.0. The number of benzene rings is 3. The number of carbonyl (C=O) groups is 3. The molecule has 0 aromatic heterocycles. The summed E-state index contributed by atoms with van der Waals surface area (Å²) in [7, 11) is 0. The third-order valence-electron chi connectivity index (χ3n) is 5.49. The Hall–Kier alpha value is -3.98. The van der Waals surface area contributed by atoms with Gasteiger partial charge in [-0.15, -0.1) is 0 Å². The van der Waals surface area contributed by atoms with Gasteiger partial charge in [-0.3, -0.25) is 9.59 Å². The molecular weight excluding hydrogens is 487 g/mol. The van der Waals surface area contributed by atoms with Crippen LogP contribution in [0.2, 0.25) is 0 Å². The predicted octanol–water partition coefficient (Wildman–Crippen LogP) is 5.75. The van der Waals surface area contributed by atoms with Gasteiger partial charge < -0.3 is 9.47 Å². The topological polar surface area (TPSA) is 72.9 Å². The predicted molar refractivity (Wildman–Crippen MR) is 129 cm³/mol. The number of hydrogen-bond acceptors (Lipinski definition) is 5. The lowest BCUT2D eigenvalue weighted by atomic mass is 9.95. The lowest BCUT2D eigenvalue weighted by molar-refractivity contribution is -0.186. The first-order valence-electron chi connectivity index (χ1n) is 11.3. The highest BCUT2D eigenvalue weighted by molar-refractivity contribution is 6.07. The lowest BCUT2D eigenvalue weighted by Gasteiger charge is -2.33. The molecule has 6 nitrogen and oxygen atoms in total. The molecule has 0 bridgehead atoms. The fourth-order valence-corrected chi connectivity index (χ4v) is 3.60. The molecule has 0 unspecified atom stereocenters. The van der Waals surface area contributed by atoms with Crippen LogP contribution in [0.3, 0.4) is 0 Å². The van der Waals surface area contributed by atoms with E-state index in [1.807, 2.05) is 0 Å². The van der Waals surface area contributed by atoms with Crippen LogP contribution in [0.15, 0.2) is 84.9 Å². The summed E-state index contributed by atoms with van der Waals surface area (Å²) in [5.41, 5.74) is 1.32. The molecule has 0 aliphatic carbocycles. The summed E-state index contributed by atoms with van der Waals surface area (Å²) in [5.74, 6) is -3.49. The first kappa shape index (κ1) is 27.6. The Morgan fingerprint density at radius 1 is 0.838 bits per heavy atom. The summed E-state index contributed by atoms with van der Waals surface area (Å²) in [5, 5.41) is 0. The van der Waals surface area contributed by atoms with Crippen molar-refractivity contribution in [2.24, 2.45) is 0 Å². The fourth-order valence-electron chi connectivity index (χ4n) is 3.60. The molecule has 3 rings (SSSR count). The maximum atomic E-state index is 13.7. The van der Waals surface area contributed by atoms with Crippen LogP contribution in [0.4, 0.5) is 18.0 Å². The van der Waals surface area contributed by atoms with Crippen LogP contribution >= 0.6 is 0 Å².